The van der Waals surface area contributed by atoms with Crippen LogP contribution in [-0.4, -0.2) is 0 Å². The first-order chi connectivity index (χ1) is 30.2. The Hall–Kier alpha value is -6.98. The van der Waals surface area contributed by atoms with E-state index in [4.69, 9.17) is 0 Å². The summed E-state index contributed by atoms with van der Waals surface area (Å²) in [6.45, 7) is 4.01. The lowest BCUT2D eigenvalue weighted by molar-refractivity contribution is 0.820. The molecule has 2 heterocycles. The Labute approximate surface area is 365 Å². The molecule has 288 valence electrons. The van der Waals surface area contributed by atoms with Gasteiger partial charge in [0, 0.05) is 31.0 Å². The molecule has 0 aromatic heterocycles. The zero-order valence-corrected chi connectivity index (χ0v) is 34.8. The molecule has 0 saturated carbocycles. The van der Waals surface area contributed by atoms with E-state index in [1.807, 2.05) is 29.6 Å². The van der Waals surface area contributed by atoms with Gasteiger partial charge in [-0.2, -0.15) is 0 Å². The molecule has 2 aliphatic heterocycles. The summed E-state index contributed by atoms with van der Waals surface area (Å²) in [7, 11) is 0. The van der Waals surface area contributed by atoms with Crippen LogP contribution in [0, 0.1) is 0 Å². The van der Waals surface area contributed by atoms with Gasteiger partial charge in [-0.05, 0) is 129 Å². The lowest BCUT2D eigenvalue weighted by Crippen LogP contribution is -2.23. The molecule has 12 rings (SSSR count). The van der Waals surface area contributed by atoms with Crippen LogP contribution in [0.2, 0.25) is 0 Å². The van der Waals surface area contributed by atoms with Gasteiger partial charge in [-0.25, -0.2) is 0 Å². The van der Waals surface area contributed by atoms with Crippen LogP contribution in [-0.2, 0) is 5.41 Å². The molecule has 8 aromatic rings. The third kappa shape index (κ3) is 5.67. The maximum absolute atomic E-state index is 4.01. The maximum Gasteiger partial charge on any atom is 0.0660 e. The van der Waals surface area contributed by atoms with Crippen LogP contribution < -0.4 is 9.80 Å². The van der Waals surface area contributed by atoms with Gasteiger partial charge in [-0.1, -0.05) is 170 Å². The fourth-order valence-corrected chi connectivity index (χ4v) is 11.8. The lowest BCUT2D eigenvalue weighted by atomic mass is 9.74. The minimum atomic E-state index is -0.480. The Bertz CT molecular complexity index is 3100. The molecule has 0 amide bonds. The van der Waals surface area contributed by atoms with Crippen molar-refractivity contribution in [2.75, 3.05) is 9.80 Å². The Kier molecular flexibility index (Phi) is 8.45. The summed E-state index contributed by atoms with van der Waals surface area (Å²) in [4.78, 5) is 9.88. The molecular weight excluding hydrogens is 777 g/mol. The largest absolute Gasteiger partial charge is 0.308 e. The Balaban J connectivity index is 0.958. The summed E-state index contributed by atoms with van der Waals surface area (Å²) in [5, 5.41) is 0. The van der Waals surface area contributed by atoms with Crippen LogP contribution >= 0.6 is 23.5 Å². The van der Waals surface area contributed by atoms with Gasteiger partial charge in [0.05, 0.1) is 28.2 Å². The van der Waals surface area contributed by atoms with Crippen molar-refractivity contribution in [1.82, 2.24) is 0 Å². The van der Waals surface area contributed by atoms with Crippen LogP contribution in [0.4, 0.5) is 34.1 Å². The number of benzene rings is 8. The summed E-state index contributed by atoms with van der Waals surface area (Å²) < 4.78 is 0. The molecule has 2 aliphatic carbocycles. The minimum absolute atomic E-state index is 0.480. The van der Waals surface area contributed by atoms with E-state index in [0.29, 0.717) is 0 Å². The van der Waals surface area contributed by atoms with Crippen LogP contribution in [0.15, 0.2) is 232 Å². The second kappa shape index (κ2) is 14.3. The summed E-state index contributed by atoms with van der Waals surface area (Å²) in [5.74, 6) is 0. The number of rotatable bonds is 6. The Morgan fingerprint density at radius 3 is 1.49 bits per heavy atom. The highest BCUT2D eigenvalue weighted by Crippen LogP contribution is 2.60. The number of allylic oxidation sites excluding steroid dienone is 5. The standard InChI is InChI=1S/C57H38N2S2/c1-2-3-14-40-37-57(46-16-5-4-15-43(40)46)47-35-39(26-25-38-27-30-41(31-28-38)58-49-17-6-10-21-53(49)60-54-22-11-7-18-50(54)58)29-33-44(47)45-34-32-42(36-48(45)57)59-51-19-8-12-23-55(51)61-56-24-13-9-20-52(56)59/h2-37H,1H2/b14-3-,26-25+. The van der Waals surface area contributed by atoms with Crippen LogP contribution in [0.3, 0.4) is 0 Å². The number of anilines is 6. The zero-order valence-electron chi connectivity index (χ0n) is 33.2. The van der Waals surface area contributed by atoms with Gasteiger partial charge >= 0.3 is 0 Å². The highest BCUT2D eigenvalue weighted by Gasteiger charge is 2.48. The second-order valence-electron chi connectivity index (χ2n) is 15.8. The van der Waals surface area contributed by atoms with Gasteiger partial charge in [0.15, 0.2) is 0 Å². The zero-order chi connectivity index (χ0) is 40.5. The molecule has 8 aromatic carbocycles. The van der Waals surface area contributed by atoms with Crippen LogP contribution in [0.1, 0.15) is 33.4 Å². The molecule has 0 saturated heterocycles. The van der Waals surface area contributed by atoms with E-state index in [-0.39, 0.29) is 0 Å². The maximum atomic E-state index is 4.01. The van der Waals surface area contributed by atoms with E-state index in [2.05, 4.69) is 229 Å². The Morgan fingerprint density at radius 1 is 0.410 bits per heavy atom. The quantitative estimate of drug-likeness (QED) is 0.122. The van der Waals surface area contributed by atoms with Crippen molar-refractivity contribution >= 4 is 75.4 Å². The summed E-state index contributed by atoms with van der Waals surface area (Å²) in [5.41, 5.74) is 17.9. The first-order valence-electron chi connectivity index (χ1n) is 20.7. The summed E-state index contributed by atoms with van der Waals surface area (Å²) in [6, 6.07) is 66.9. The van der Waals surface area contributed by atoms with Gasteiger partial charge in [0.1, 0.15) is 0 Å². The van der Waals surface area contributed by atoms with Crippen molar-refractivity contribution in [1.29, 1.82) is 0 Å². The second-order valence-corrected chi connectivity index (χ2v) is 17.9. The van der Waals surface area contributed by atoms with E-state index in [0.717, 1.165) is 16.9 Å². The SMILES string of the molecule is C=C/C=C\C1=CC2(c3ccccc31)c1cc(/C=C/c3ccc(N4c5ccccc5Sc5ccccc54)cc3)ccc1-c1ccc(N3c4ccccc4Sc4ccccc43)cc12. The van der Waals surface area contributed by atoms with Crippen molar-refractivity contribution < 1.29 is 0 Å². The molecule has 0 radical (unpaired) electrons. The van der Waals surface area contributed by atoms with E-state index in [1.54, 1.807) is 0 Å². The third-order valence-electron chi connectivity index (χ3n) is 12.4. The molecule has 1 atom stereocenters. The molecule has 1 unspecified atom stereocenters. The molecule has 61 heavy (non-hydrogen) atoms. The fourth-order valence-electron chi connectivity index (χ4n) is 9.72. The van der Waals surface area contributed by atoms with Gasteiger partial charge in [0.25, 0.3) is 0 Å². The number of hydrogen-bond acceptors (Lipinski definition) is 4. The van der Waals surface area contributed by atoms with Crippen LogP contribution in [0.25, 0.3) is 28.9 Å². The third-order valence-corrected chi connectivity index (χ3v) is 14.6. The highest BCUT2D eigenvalue weighted by molar-refractivity contribution is 8.00. The molecule has 2 nitrogen and oxygen atoms in total. The van der Waals surface area contributed by atoms with Gasteiger partial charge in [-0.3, -0.25) is 0 Å². The smallest absolute Gasteiger partial charge is 0.0660 e. The topological polar surface area (TPSA) is 6.48 Å². The van der Waals surface area contributed by atoms with E-state index < -0.39 is 5.41 Å². The summed E-state index contributed by atoms with van der Waals surface area (Å²) in [6.07, 6.45) is 13.1. The van der Waals surface area contributed by atoms with E-state index in [9.17, 15) is 0 Å². The highest BCUT2D eigenvalue weighted by atomic mass is 32.2. The van der Waals surface area contributed by atoms with E-state index >= 15 is 0 Å². The normalized spacial score (nSPS) is 16.4. The van der Waals surface area contributed by atoms with Crippen molar-refractivity contribution in [2.24, 2.45) is 0 Å². The average molecular weight is 815 g/mol. The average Bonchev–Trinajstić information content (AvgIpc) is 3.79. The monoisotopic (exact) mass is 814 g/mol. The molecule has 4 heteroatoms. The molecule has 0 fully saturated rings. The Morgan fingerprint density at radius 2 is 0.885 bits per heavy atom. The number of hydrogen-bond donors (Lipinski definition) is 0. The predicted molar refractivity (Wildman–Crippen MR) is 258 cm³/mol. The van der Waals surface area contributed by atoms with E-state index in [1.165, 1.54) is 86.8 Å². The predicted octanol–water partition coefficient (Wildman–Crippen LogP) is 16.2. The molecule has 1 spiro atoms. The first kappa shape index (κ1) is 35.9. The number of nitrogens with zero attached hydrogens (tertiary/aromatic N) is 2. The molecular formula is C57H38N2S2. The van der Waals surface area contributed by atoms with Gasteiger partial charge < -0.3 is 9.80 Å². The molecule has 0 bridgehead atoms. The van der Waals surface area contributed by atoms with Gasteiger partial charge in [0.2, 0.25) is 0 Å². The van der Waals surface area contributed by atoms with Gasteiger partial charge in [-0.15, -0.1) is 0 Å². The van der Waals surface area contributed by atoms with Crippen molar-refractivity contribution in [3.05, 3.63) is 246 Å². The molecule has 0 N–H and O–H groups in total. The van der Waals surface area contributed by atoms with Crippen LogP contribution in [0.5, 0.6) is 0 Å². The molecule has 4 aliphatic rings. The first-order valence-corrected chi connectivity index (χ1v) is 22.3. The van der Waals surface area contributed by atoms with Crippen molar-refractivity contribution in [3.8, 4) is 11.1 Å². The van der Waals surface area contributed by atoms with Crippen molar-refractivity contribution in [3.63, 3.8) is 0 Å². The lowest BCUT2D eigenvalue weighted by Gasteiger charge is -2.34. The fraction of sp³-hybridized carbons (Fsp3) is 0.0175. The minimum Gasteiger partial charge on any atom is -0.308 e. The number of fused-ring (bicyclic) bond motifs is 11. The van der Waals surface area contributed by atoms with Crippen molar-refractivity contribution in [2.45, 2.75) is 25.0 Å². The number of para-hydroxylation sites is 4. The summed E-state index contributed by atoms with van der Waals surface area (Å²) >= 11 is 3.68.